The number of methoxy groups -OCH3 is 1. The van der Waals surface area contributed by atoms with Gasteiger partial charge >= 0.3 is 0 Å². The van der Waals surface area contributed by atoms with Crippen molar-refractivity contribution >= 4 is 18.1 Å². The topological polar surface area (TPSA) is 47.6 Å². The maximum Gasteiger partial charge on any atom is 0.261 e. The molecule has 1 saturated heterocycles. The average Bonchev–Trinajstić information content (AvgIpc) is 2.99. The third-order valence-electron chi connectivity index (χ3n) is 3.74. The lowest BCUT2D eigenvalue weighted by Gasteiger charge is -2.10. The van der Waals surface area contributed by atoms with Gasteiger partial charge in [0.15, 0.2) is 6.10 Å². The number of nitrogens with one attached hydrogen (secondary N) is 1. The second kappa shape index (κ2) is 7.01. The first-order valence-electron chi connectivity index (χ1n) is 7.61. The van der Waals surface area contributed by atoms with Gasteiger partial charge in [-0.3, -0.25) is 4.79 Å². The third kappa shape index (κ3) is 3.92. The van der Waals surface area contributed by atoms with E-state index in [-0.39, 0.29) is 12.0 Å². The molecule has 0 saturated carbocycles. The molecule has 1 fully saturated rings. The Bertz CT molecular complexity index is 690. The zero-order chi connectivity index (χ0) is 16.1. The number of amides is 1. The molecule has 1 N–H and O–H groups in total. The van der Waals surface area contributed by atoms with Gasteiger partial charge in [0.2, 0.25) is 0 Å². The van der Waals surface area contributed by atoms with Crippen LogP contribution in [0.3, 0.4) is 0 Å². The van der Waals surface area contributed by atoms with E-state index in [4.69, 9.17) is 9.47 Å². The average molecular weight is 309 g/mol. The monoisotopic (exact) mass is 309 g/mol. The molecule has 0 radical (unpaired) electrons. The fraction of sp³-hybridized carbons (Fsp3) is 0.211. The summed E-state index contributed by atoms with van der Waals surface area (Å²) < 4.78 is 10.8. The van der Waals surface area contributed by atoms with Gasteiger partial charge in [-0.05, 0) is 35.4 Å². The largest absolute Gasteiger partial charge is 0.497 e. The quantitative estimate of drug-likeness (QED) is 0.863. The van der Waals surface area contributed by atoms with E-state index < -0.39 is 0 Å². The van der Waals surface area contributed by atoms with Gasteiger partial charge < -0.3 is 14.8 Å². The van der Waals surface area contributed by atoms with Gasteiger partial charge in [0, 0.05) is 13.0 Å². The molecular formula is C19H19NO3. The summed E-state index contributed by atoms with van der Waals surface area (Å²) in [7, 11) is 1.66. The smallest absolute Gasteiger partial charge is 0.261 e. The van der Waals surface area contributed by atoms with E-state index in [1.165, 1.54) is 0 Å². The molecule has 118 valence electrons. The molecule has 0 bridgehead atoms. The molecule has 2 aromatic carbocycles. The van der Waals surface area contributed by atoms with E-state index in [1.807, 2.05) is 60.7 Å². The minimum atomic E-state index is -0.365. The first-order valence-corrected chi connectivity index (χ1v) is 7.61. The van der Waals surface area contributed by atoms with E-state index in [0.717, 1.165) is 23.3 Å². The summed E-state index contributed by atoms with van der Waals surface area (Å²) in [4.78, 5) is 11.5. The first-order chi connectivity index (χ1) is 11.2. The molecule has 0 spiro atoms. The Hall–Kier alpha value is -2.75. The third-order valence-corrected chi connectivity index (χ3v) is 3.74. The minimum Gasteiger partial charge on any atom is -0.497 e. The molecule has 1 atom stereocenters. The van der Waals surface area contributed by atoms with E-state index in [1.54, 1.807) is 7.11 Å². The summed E-state index contributed by atoms with van der Waals surface area (Å²) in [5.74, 6) is 1.53. The molecule has 1 aliphatic heterocycles. The number of ether oxygens (including phenoxy) is 2. The Morgan fingerprint density at radius 2 is 1.52 bits per heavy atom. The maximum atomic E-state index is 11.5. The van der Waals surface area contributed by atoms with Crippen LogP contribution in [0, 0.1) is 0 Å². The number of carbonyl (C=O) groups excluding carboxylic acids is 1. The molecule has 1 amide bonds. The van der Waals surface area contributed by atoms with Crippen LogP contribution in [-0.2, 0) is 4.79 Å². The minimum absolute atomic E-state index is 0.0338. The van der Waals surface area contributed by atoms with Crippen LogP contribution in [0.2, 0.25) is 0 Å². The van der Waals surface area contributed by atoms with Crippen LogP contribution in [0.5, 0.6) is 11.5 Å². The van der Waals surface area contributed by atoms with E-state index in [9.17, 15) is 4.79 Å². The van der Waals surface area contributed by atoms with Gasteiger partial charge in [0.1, 0.15) is 11.5 Å². The van der Waals surface area contributed by atoms with E-state index >= 15 is 0 Å². The molecular weight excluding hydrogens is 290 g/mol. The van der Waals surface area contributed by atoms with Crippen molar-refractivity contribution in [1.29, 1.82) is 0 Å². The fourth-order valence-electron chi connectivity index (χ4n) is 2.41. The van der Waals surface area contributed by atoms with E-state index in [0.29, 0.717) is 12.3 Å². The second-order valence-corrected chi connectivity index (χ2v) is 5.36. The molecule has 3 rings (SSSR count). The highest BCUT2D eigenvalue weighted by Gasteiger charge is 2.25. The van der Waals surface area contributed by atoms with Crippen LogP contribution < -0.4 is 14.8 Å². The van der Waals surface area contributed by atoms with Gasteiger partial charge in [0.05, 0.1) is 7.11 Å². The van der Waals surface area contributed by atoms with Crippen molar-refractivity contribution in [3.8, 4) is 11.5 Å². The van der Waals surface area contributed by atoms with Gasteiger partial charge in [-0.1, -0.05) is 36.4 Å². The molecule has 4 nitrogen and oxygen atoms in total. The SMILES string of the molecule is COc1ccc(/C=C/c2ccc(OC3CCNC3=O)cc2)cc1. The lowest BCUT2D eigenvalue weighted by Crippen LogP contribution is -2.27. The van der Waals surface area contributed by atoms with Crippen molar-refractivity contribution in [1.82, 2.24) is 5.32 Å². The number of rotatable bonds is 5. The molecule has 1 heterocycles. The van der Waals surface area contributed by atoms with Crippen molar-refractivity contribution in [2.45, 2.75) is 12.5 Å². The molecule has 1 unspecified atom stereocenters. The molecule has 0 aliphatic carbocycles. The summed E-state index contributed by atoms with van der Waals surface area (Å²) in [6, 6.07) is 15.6. The molecule has 2 aromatic rings. The van der Waals surface area contributed by atoms with Crippen molar-refractivity contribution in [2.24, 2.45) is 0 Å². The standard InChI is InChI=1S/C19H19NO3/c1-22-16-8-4-14(5-9-16)2-3-15-6-10-17(11-7-15)23-18-12-13-20-19(18)21/h2-11,18H,12-13H2,1H3,(H,20,21)/b3-2+. The summed E-state index contributed by atoms with van der Waals surface area (Å²) in [5, 5.41) is 2.76. The lowest BCUT2D eigenvalue weighted by atomic mass is 10.1. The van der Waals surface area contributed by atoms with Crippen LogP contribution in [0.15, 0.2) is 48.5 Å². The molecule has 4 heteroatoms. The number of carbonyl (C=O) groups is 1. The Balaban J connectivity index is 1.62. The number of hydrogen-bond acceptors (Lipinski definition) is 3. The summed E-state index contributed by atoms with van der Waals surface area (Å²) in [6.45, 7) is 0.687. The van der Waals surface area contributed by atoms with Crippen LogP contribution in [0.1, 0.15) is 17.5 Å². The van der Waals surface area contributed by atoms with Crippen LogP contribution in [0.4, 0.5) is 0 Å². The van der Waals surface area contributed by atoms with Gasteiger partial charge in [-0.25, -0.2) is 0 Å². The van der Waals surface area contributed by atoms with Crippen LogP contribution in [0.25, 0.3) is 12.2 Å². The number of benzene rings is 2. The highest BCUT2D eigenvalue weighted by molar-refractivity contribution is 5.83. The summed E-state index contributed by atoms with van der Waals surface area (Å²) in [5.41, 5.74) is 2.18. The highest BCUT2D eigenvalue weighted by atomic mass is 16.5. The van der Waals surface area contributed by atoms with Gasteiger partial charge in [-0.2, -0.15) is 0 Å². The van der Waals surface area contributed by atoms with Crippen LogP contribution in [-0.4, -0.2) is 25.7 Å². The number of hydrogen-bond donors (Lipinski definition) is 1. The fourth-order valence-corrected chi connectivity index (χ4v) is 2.41. The predicted molar refractivity (Wildman–Crippen MR) is 90.4 cm³/mol. The molecule has 1 aliphatic rings. The Kier molecular flexibility index (Phi) is 4.62. The zero-order valence-corrected chi connectivity index (χ0v) is 13.0. The summed E-state index contributed by atoms with van der Waals surface area (Å²) in [6.07, 6.45) is 4.43. The molecule has 0 aromatic heterocycles. The van der Waals surface area contributed by atoms with Gasteiger partial charge in [0.25, 0.3) is 5.91 Å². The Labute approximate surface area is 135 Å². The lowest BCUT2D eigenvalue weighted by molar-refractivity contribution is -0.124. The Morgan fingerprint density at radius 1 is 0.957 bits per heavy atom. The van der Waals surface area contributed by atoms with Crippen LogP contribution >= 0.6 is 0 Å². The normalized spacial score (nSPS) is 17.3. The molecule has 23 heavy (non-hydrogen) atoms. The highest BCUT2D eigenvalue weighted by Crippen LogP contribution is 2.18. The van der Waals surface area contributed by atoms with Crippen molar-refractivity contribution in [3.05, 3.63) is 59.7 Å². The van der Waals surface area contributed by atoms with Crippen molar-refractivity contribution in [3.63, 3.8) is 0 Å². The maximum absolute atomic E-state index is 11.5. The van der Waals surface area contributed by atoms with E-state index in [2.05, 4.69) is 5.32 Å². The Morgan fingerprint density at radius 3 is 2.00 bits per heavy atom. The zero-order valence-electron chi connectivity index (χ0n) is 13.0. The first kappa shape index (κ1) is 15.2. The summed E-state index contributed by atoms with van der Waals surface area (Å²) >= 11 is 0. The van der Waals surface area contributed by atoms with Gasteiger partial charge in [-0.15, -0.1) is 0 Å². The predicted octanol–water partition coefficient (Wildman–Crippen LogP) is 3.13. The second-order valence-electron chi connectivity index (χ2n) is 5.36. The van der Waals surface area contributed by atoms with Crippen molar-refractivity contribution in [2.75, 3.05) is 13.7 Å². The van der Waals surface area contributed by atoms with Crippen molar-refractivity contribution < 1.29 is 14.3 Å².